The minimum atomic E-state index is -0.717. The molecule has 10 heteroatoms. The maximum absolute atomic E-state index is 11.7. The number of hydrogen-bond donors (Lipinski definition) is 1. The van der Waals surface area contributed by atoms with E-state index in [9.17, 15) is 19.2 Å². The van der Waals surface area contributed by atoms with Crippen molar-refractivity contribution < 1.29 is 28.7 Å². The van der Waals surface area contributed by atoms with Gasteiger partial charge in [-0.2, -0.15) is 0 Å². The number of hydrogen-bond acceptors (Lipinski definition) is 8. The smallest absolute Gasteiger partial charge is 0.344 e. The number of nitrogens with zero attached hydrogens (tertiary/aromatic N) is 1. The Hall–Kier alpha value is -2.46. The second-order valence-electron chi connectivity index (χ2n) is 5.48. The van der Waals surface area contributed by atoms with Crippen LogP contribution in [0.1, 0.15) is 17.3 Å². The summed E-state index contributed by atoms with van der Waals surface area (Å²) in [7, 11) is 0. The quantitative estimate of drug-likeness (QED) is 0.362. The van der Waals surface area contributed by atoms with Crippen molar-refractivity contribution in [2.45, 2.75) is 6.92 Å². The van der Waals surface area contributed by atoms with Gasteiger partial charge in [0, 0.05) is 18.7 Å². The van der Waals surface area contributed by atoms with E-state index in [4.69, 9.17) is 21.7 Å². The SMILES string of the molecule is CC(=O)c1cccc(OCC(=O)OCC(=O)NCCN2C(=O)CSC2=S)c1. The zero-order chi connectivity index (χ0) is 19.8. The number of esters is 1. The summed E-state index contributed by atoms with van der Waals surface area (Å²) in [5, 5.41) is 2.54. The van der Waals surface area contributed by atoms with E-state index in [-0.39, 0.29) is 31.4 Å². The molecule has 2 rings (SSSR count). The van der Waals surface area contributed by atoms with Crippen molar-refractivity contribution in [1.82, 2.24) is 10.2 Å². The molecule has 1 aliphatic rings. The van der Waals surface area contributed by atoms with Crippen molar-refractivity contribution in [1.29, 1.82) is 0 Å². The topological polar surface area (TPSA) is 102 Å². The van der Waals surface area contributed by atoms with Gasteiger partial charge in [0.25, 0.3) is 5.91 Å². The third kappa shape index (κ3) is 6.65. The minimum Gasteiger partial charge on any atom is -0.482 e. The number of thioether (sulfide) groups is 1. The molecule has 8 nitrogen and oxygen atoms in total. The van der Waals surface area contributed by atoms with E-state index in [2.05, 4.69) is 5.32 Å². The van der Waals surface area contributed by atoms with Crippen LogP contribution >= 0.6 is 24.0 Å². The van der Waals surface area contributed by atoms with Crippen LogP contribution in [0.15, 0.2) is 24.3 Å². The van der Waals surface area contributed by atoms with Crippen molar-refractivity contribution in [3.8, 4) is 5.75 Å². The Morgan fingerprint density at radius 1 is 1.30 bits per heavy atom. The molecule has 1 saturated heterocycles. The zero-order valence-corrected chi connectivity index (χ0v) is 16.2. The second kappa shape index (κ2) is 10.0. The number of rotatable bonds is 9. The van der Waals surface area contributed by atoms with Crippen LogP contribution in [-0.2, 0) is 19.1 Å². The van der Waals surface area contributed by atoms with Crippen LogP contribution in [0.4, 0.5) is 0 Å². The first kappa shape index (κ1) is 20.8. The first-order chi connectivity index (χ1) is 12.9. The monoisotopic (exact) mass is 410 g/mol. The summed E-state index contributed by atoms with van der Waals surface area (Å²) in [5.74, 6) is -0.739. The fourth-order valence-electron chi connectivity index (χ4n) is 2.09. The van der Waals surface area contributed by atoms with Gasteiger partial charge in [0.1, 0.15) is 10.1 Å². The van der Waals surface area contributed by atoms with E-state index in [0.29, 0.717) is 21.4 Å². The van der Waals surface area contributed by atoms with Gasteiger partial charge in [0.2, 0.25) is 5.91 Å². The number of ketones is 1. The highest BCUT2D eigenvalue weighted by Gasteiger charge is 2.25. The number of Topliss-reactive ketones (excluding diaryl/α,β-unsaturated/α-hetero) is 1. The lowest BCUT2D eigenvalue weighted by Crippen LogP contribution is -2.38. The predicted octanol–water partition coefficient (Wildman–Crippen LogP) is 0.788. The van der Waals surface area contributed by atoms with Gasteiger partial charge in [-0.1, -0.05) is 36.1 Å². The molecule has 0 saturated carbocycles. The van der Waals surface area contributed by atoms with E-state index in [0.717, 1.165) is 0 Å². The van der Waals surface area contributed by atoms with Gasteiger partial charge in [-0.3, -0.25) is 19.3 Å². The van der Waals surface area contributed by atoms with Crippen molar-refractivity contribution in [2.75, 3.05) is 32.1 Å². The van der Waals surface area contributed by atoms with Gasteiger partial charge >= 0.3 is 5.97 Å². The number of ether oxygens (including phenoxy) is 2. The van der Waals surface area contributed by atoms with Crippen LogP contribution in [0.3, 0.4) is 0 Å². The van der Waals surface area contributed by atoms with Gasteiger partial charge in [0.15, 0.2) is 19.0 Å². The van der Waals surface area contributed by atoms with Crippen molar-refractivity contribution in [3.05, 3.63) is 29.8 Å². The van der Waals surface area contributed by atoms with E-state index in [1.54, 1.807) is 18.2 Å². The van der Waals surface area contributed by atoms with Crippen LogP contribution in [0.25, 0.3) is 0 Å². The van der Waals surface area contributed by atoms with Gasteiger partial charge < -0.3 is 14.8 Å². The molecule has 27 heavy (non-hydrogen) atoms. The molecular weight excluding hydrogens is 392 g/mol. The highest BCUT2D eigenvalue weighted by atomic mass is 32.2. The number of thiocarbonyl (C=S) groups is 1. The highest BCUT2D eigenvalue weighted by Crippen LogP contribution is 2.18. The average Bonchev–Trinajstić information content (AvgIpc) is 2.97. The summed E-state index contributed by atoms with van der Waals surface area (Å²) in [4.78, 5) is 47.6. The lowest BCUT2D eigenvalue weighted by molar-refractivity contribution is -0.150. The highest BCUT2D eigenvalue weighted by molar-refractivity contribution is 8.23. The van der Waals surface area contributed by atoms with E-state index < -0.39 is 18.5 Å². The molecule has 0 aromatic heterocycles. The van der Waals surface area contributed by atoms with E-state index in [1.807, 2.05) is 0 Å². The molecule has 0 unspecified atom stereocenters. The Balaban J connectivity index is 1.64. The second-order valence-corrected chi connectivity index (χ2v) is 7.09. The maximum Gasteiger partial charge on any atom is 0.344 e. The largest absolute Gasteiger partial charge is 0.482 e. The molecule has 0 bridgehead atoms. The zero-order valence-electron chi connectivity index (χ0n) is 14.6. The van der Waals surface area contributed by atoms with E-state index in [1.165, 1.54) is 29.7 Å². The molecule has 1 N–H and O–H groups in total. The number of amides is 2. The van der Waals surface area contributed by atoms with Crippen LogP contribution in [0, 0.1) is 0 Å². The molecule has 0 radical (unpaired) electrons. The number of carbonyl (C=O) groups excluding carboxylic acids is 4. The van der Waals surface area contributed by atoms with Crippen LogP contribution < -0.4 is 10.1 Å². The van der Waals surface area contributed by atoms with Crippen LogP contribution in [0.5, 0.6) is 5.75 Å². The van der Waals surface area contributed by atoms with Crippen molar-refractivity contribution in [2.24, 2.45) is 0 Å². The molecule has 1 aromatic rings. The normalized spacial score (nSPS) is 13.4. The van der Waals surface area contributed by atoms with Gasteiger partial charge in [-0.05, 0) is 19.1 Å². The minimum absolute atomic E-state index is 0.0864. The summed E-state index contributed by atoms with van der Waals surface area (Å²) in [5.41, 5.74) is 0.467. The Morgan fingerprint density at radius 3 is 2.74 bits per heavy atom. The molecule has 1 aromatic carbocycles. The number of benzene rings is 1. The Bertz CT molecular complexity index is 752. The summed E-state index contributed by atoms with van der Waals surface area (Å²) in [6.07, 6.45) is 0. The standard InChI is InChI=1S/C17H18N2O6S2/c1-11(20)12-3-2-4-13(7-12)24-9-16(23)25-8-14(21)18-5-6-19-15(22)10-27-17(19)26/h2-4,7H,5-6,8-10H2,1H3,(H,18,21). The third-order valence-electron chi connectivity index (χ3n) is 3.46. The molecule has 0 aliphatic carbocycles. The van der Waals surface area contributed by atoms with Gasteiger partial charge in [0.05, 0.1) is 5.75 Å². The first-order valence-corrected chi connectivity index (χ1v) is 9.39. The van der Waals surface area contributed by atoms with Gasteiger partial charge in [-0.15, -0.1) is 0 Å². The van der Waals surface area contributed by atoms with E-state index >= 15 is 0 Å². The molecule has 0 spiro atoms. The number of carbonyl (C=O) groups is 4. The molecule has 1 fully saturated rings. The molecule has 2 amide bonds. The Morgan fingerprint density at radius 2 is 2.07 bits per heavy atom. The maximum atomic E-state index is 11.7. The summed E-state index contributed by atoms with van der Waals surface area (Å²) < 4.78 is 10.6. The molecule has 1 heterocycles. The van der Waals surface area contributed by atoms with Gasteiger partial charge in [-0.25, -0.2) is 4.79 Å². The Labute approximate surface area is 165 Å². The third-order valence-corrected chi connectivity index (χ3v) is 4.89. The average molecular weight is 410 g/mol. The fourth-order valence-corrected chi connectivity index (χ4v) is 3.21. The number of nitrogens with one attached hydrogen (secondary N) is 1. The first-order valence-electron chi connectivity index (χ1n) is 8.00. The summed E-state index contributed by atoms with van der Waals surface area (Å²) in [6.45, 7) is 1.07. The lowest BCUT2D eigenvalue weighted by atomic mass is 10.1. The summed E-state index contributed by atoms with van der Waals surface area (Å²) in [6, 6.07) is 6.40. The Kier molecular flexibility index (Phi) is 7.74. The molecule has 0 atom stereocenters. The molecule has 144 valence electrons. The van der Waals surface area contributed by atoms with Crippen LogP contribution in [0.2, 0.25) is 0 Å². The van der Waals surface area contributed by atoms with Crippen LogP contribution in [-0.4, -0.2) is 64.8 Å². The fraction of sp³-hybridized carbons (Fsp3) is 0.353. The summed E-state index contributed by atoms with van der Waals surface area (Å²) >= 11 is 6.31. The lowest BCUT2D eigenvalue weighted by Gasteiger charge is -2.15. The van der Waals surface area contributed by atoms with Crippen molar-refractivity contribution in [3.63, 3.8) is 0 Å². The predicted molar refractivity (Wildman–Crippen MR) is 103 cm³/mol. The molecular formula is C17H18N2O6S2. The molecule has 1 aliphatic heterocycles. The van der Waals surface area contributed by atoms with Crippen molar-refractivity contribution >= 4 is 51.9 Å².